The first kappa shape index (κ1) is 13.5. The summed E-state index contributed by atoms with van der Waals surface area (Å²) in [5.41, 5.74) is 0. The average Bonchev–Trinajstić information content (AvgIpc) is 2.16. The van der Waals surface area contributed by atoms with Crippen LogP contribution in [0.4, 0.5) is 0 Å². The summed E-state index contributed by atoms with van der Waals surface area (Å²) in [6.45, 7) is 2.10. The SMILES string of the molecule is C#CCNCC(=O)NC(C)C(=O)N(C)C. The number of amides is 2. The molecule has 0 aromatic rings. The molecule has 0 aromatic heterocycles. The van der Waals surface area contributed by atoms with Gasteiger partial charge in [0, 0.05) is 14.1 Å². The van der Waals surface area contributed by atoms with Crippen LogP contribution in [0, 0.1) is 12.3 Å². The van der Waals surface area contributed by atoms with Crippen LogP contribution in [0.3, 0.4) is 0 Å². The van der Waals surface area contributed by atoms with Gasteiger partial charge in [0.05, 0.1) is 13.1 Å². The van der Waals surface area contributed by atoms with Crippen molar-refractivity contribution in [3.8, 4) is 12.3 Å². The Labute approximate surface area is 90.2 Å². The van der Waals surface area contributed by atoms with Crippen LogP contribution < -0.4 is 10.6 Å². The number of hydrogen-bond acceptors (Lipinski definition) is 3. The molecule has 0 radical (unpaired) electrons. The molecular weight excluding hydrogens is 194 g/mol. The molecule has 0 heterocycles. The smallest absolute Gasteiger partial charge is 0.244 e. The maximum absolute atomic E-state index is 11.4. The van der Waals surface area contributed by atoms with Crippen molar-refractivity contribution >= 4 is 11.8 Å². The number of likely N-dealkylation sites (N-methyl/N-ethyl adjacent to an activating group) is 1. The normalized spacial score (nSPS) is 11.3. The lowest BCUT2D eigenvalue weighted by Gasteiger charge is -2.17. The molecule has 5 heteroatoms. The summed E-state index contributed by atoms with van der Waals surface area (Å²) in [5, 5.41) is 5.29. The second-order valence-electron chi connectivity index (χ2n) is 3.33. The molecule has 0 saturated heterocycles. The highest BCUT2D eigenvalue weighted by Gasteiger charge is 2.16. The van der Waals surface area contributed by atoms with Crippen molar-refractivity contribution in [2.24, 2.45) is 0 Å². The summed E-state index contributed by atoms with van der Waals surface area (Å²) in [4.78, 5) is 24.0. The second kappa shape index (κ2) is 6.85. The number of nitrogens with one attached hydrogen (secondary N) is 2. The van der Waals surface area contributed by atoms with Gasteiger partial charge in [0.1, 0.15) is 6.04 Å². The number of hydrogen-bond donors (Lipinski definition) is 2. The minimum absolute atomic E-state index is 0.120. The molecule has 0 saturated carbocycles. The topological polar surface area (TPSA) is 61.4 Å². The van der Waals surface area contributed by atoms with Crippen LogP contribution in [0.5, 0.6) is 0 Å². The Morgan fingerprint density at radius 3 is 2.53 bits per heavy atom. The van der Waals surface area contributed by atoms with Gasteiger partial charge in [0.2, 0.25) is 11.8 Å². The Hall–Kier alpha value is -1.54. The van der Waals surface area contributed by atoms with Gasteiger partial charge in [0.15, 0.2) is 0 Å². The van der Waals surface area contributed by atoms with Gasteiger partial charge in [-0.1, -0.05) is 5.92 Å². The molecule has 84 valence electrons. The highest BCUT2D eigenvalue weighted by atomic mass is 16.2. The van der Waals surface area contributed by atoms with Gasteiger partial charge in [-0.25, -0.2) is 0 Å². The van der Waals surface area contributed by atoms with E-state index in [4.69, 9.17) is 6.42 Å². The lowest BCUT2D eigenvalue weighted by atomic mass is 10.3. The highest BCUT2D eigenvalue weighted by molar-refractivity contribution is 5.87. The van der Waals surface area contributed by atoms with Crippen LogP contribution in [-0.2, 0) is 9.59 Å². The molecule has 1 unspecified atom stereocenters. The summed E-state index contributed by atoms with van der Waals surface area (Å²) in [7, 11) is 3.28. The van der Waals surface area contributed by atoms with Crippen LogP contribution in [0.2, 0.25) is 0 Å². The van der Waals surface area contributed by atoms with Crippen molar-refractivity contribution in [2.45, 2.75) is 13.0 Å². The Morgan fingerprint density at radius 2 is 2.07 bits per heavy atom. The lowest BCUT2D eigenvalue weighted by molar-refractivity contribution is -0.133. The molecule has 0 aromatic carbocycles. The zero-order valence-corrected chi connectivity index (χ0v) is 9.33. The van der Waals surface area contributed by atoms with E-state index in [1.165, 1.54) is 4.90 Å². The molecule has 0 aliphatic carbocycles. The third-order valence-electron chi connectivity index (χ3n) is 1.70. The third-order valence-corrected chi connectivity index (χ3v) is 1.70. The zero-order chi connectivity index (χ0) is 11.8. The van der Waals surface area contributed by atoms with Crippen molar-refractivity contribution < 1.29 is 9.59 Å². The van der Waals surface area contributed by atoms with Crippen LogP contribution in [0.1, 0.15) is 6.92 Å². The number of carbonyl (C=O) groups excluding carboxylic acids is 2. The van der Waals surface area contributed by atoms with Gasteiger partial charge >= 0.3 is 0 Å². The quantitative estimate of drug-likeness (QED) is 0.444. The maximum atomic E-state index is 11.4. The van der Waals surface area contributed by atoms with Gasteiger partial charge in [-0.15, -0.1) is 6.42 Å². The average molecular weight is 211 g/mol. The van der Waals surface area contributed by atoms with E-state index in [9.17, 15) is 9.59 Å². The van der Waals surface area contributed by atoms with Crippen molar-refractivity contribution in [1.82, 2.24) is 15.5 Å². The standard InChI is InChI=1S/C10H17N3O2/c1-5-6-11-7-9(14)12-8(2)10(15)13(3)4/h1,8,11H,6-7H2,2-4H3,(H,12,14). The molecule has 0 aliphatic heterocycles. The molecule has 0 aliphatic rings. The molecule has 1 atom stereocenters. The number of terminal acetylenes is 1. The highest BCUT2D eigenvalue weighted by Crippen LogP contribution is 1.87. The first-order valence-electron chi connectivity index (χ1n) is 4.63. The van der Waals surface area contributed by atoms with E-state index in [2.05, 4.69) is 16.6 Å². The fourth-order valence-electron chi connectivity index (χ4n) is 0.990. The summed E-state index contributed by atoms with van der Waals surface area (Å²) < 4.78 is 0. The predicted molar refractivity (Wildman–Crippen MR) is 58.0 cm³/mol. The van der Waals surface area contributed by atoms with Crippen LogP contribution in [0.15, 0.2) is 0 Å². The Kier molecular flexibility index (Phi) is 6.14. The van der Waals surface area contributed by atoms with Crippen LogP contribution in [-0.4, -0.2) is 49.9 Å². The minimum Gasteiger partial charge on any atom is -0.347 e. The monoisotopic (exact) mass is 211 g/mol. The van der Waals surface area contributed by atoms with E-state index in [1.807, 2.05) is 0 Å². The summed E-state index contributed by atoms with van der Waals surface area (Å²) in [5.74, 6) is 1.97. The van der Waals surface area contributed by atoms with Crippen LogP contribution in [0.25, 0.3) is 0 Å². The maximum Gasteiger partial charge on any atom is 0.244 e. The summed E-state index contributed by atoms with van der Waals surface area (Å²) in [6, 6.07) is -0.514. The molecule has 0 rings (SSSR count). The minimum atomic E-state index is -0.514. The van der Waals surface area contributed by atoms with E-state index in [1.54, 1.807) is 21.0 Å². The van der Waals surface area contributed by atoms with E-state index in [-0.39, 0.29) is 18.4 Å². The Balaban J connectivity index is 3.87. The second-order valence-corrected chi connectivity index (χ2v) is 3.33. The summed E-state index contributed by atoms with van der Waals surface area (Å²) >= 11 is 0. The lowest BCUT2D eigenvalue weighted by Crippen LogP contribution is -2.46. The van der Waals surface area contributed by atoms with Gasteiger partial charge in [0.25, 0.3) is 0 Å². The molecule has 0 spiro atoms. The van der Waals surface area contributed by atoms with Crippen molar-refractivity contribution in [3.63, 3.8) is 0 Å². The largest absolute Gasteiger partial charge is 0.347 e. The number of nitrogens with zero attached hydrogens (tertiary/aromatic N) is 1. The van der Waals surface area contributed by atoms with E-state index >= 15 is 0 Å². The van der Waals surface area contributed by atoms with Gasteiger partial charge < -0.3 is 10.2 Å². The molecular formula is C10H17N3O2. The van der Waals surface area contributed by atoms with Crippen LogP contribution >= 0.6 is 0 Å². The first-order chi connectivity index (χ1) is 6.99. The van der Waals surface area contributed by atoms with E-state index < -0.39 is 6.04 Å². The van der Waals surface area contributed by atoms with Gasteiger partial charge in [-0.05, 0) is 6.92 Å². The molecule has 15 heavy (non-hydrogen) atoms. The third kappa shape index (κ3) is 5.70. The fraction of sp³-hybridized carbons (Fsp3) is 0.600. The van der Waals surface area contributed by atoms with E-state index in [0.717, 1.165) is 0 Å². The van der Waals surface area contributed by atoms with Crippen molar-refractivity contribution in [2.75, 3.05) is 27.2 Å². The Bertz CT molecular complexity index is 268. The van der Waals surface area contributed by atoms with Crippen molar-refractivity contribution in [3.05, 3.63) is 0 Å². The molecule has 0 fully saturated rings. The van der Waals surface area contributed by atoms with Gasteiger partial charge in [-0.2, -0.15) is 0 Å². The predicted octanol–water partition coefficient (Wildman–Crippen LogP) is -1.20. The molecule has 2 N–H and O–H groups in total. The zero-order valence-electron chi connectivity index (χ0n) is 9.33. The van der Waals surface area contributed by atoms with E-state index in [0.29, 0.717) is 6.54 Å². The molecule has 2 amide bonds. The Morgan fingerprint density at radius 1 is 1.47 bits per heavy atom. The molecule has 0 bridgehead atoms. The number of carbonyl (C=O) groups is 2. The van der Waals surface area contributed by atoms with Crippen molar-refractivity contribution in [1.29, 1.82) is 0 Å². The first-order valence-corrected chi connectivity index (χ1v) is 4.63. The summed E-state index contributed by atoms with van der Waals surface area (Å²) in [6.07, 6.45) is 5.00. The number of rotatable bonds is 5. The fourth-order valence-corrected chi connectivity index (χ4v) is 0.990. The molecule has 5 nitrogen and oxygen atoms in total. The van der Waals surface area contributed by atoms with Gasteiger partial charge in [-0.3, -0.25) is 14.9 Å².